The molecule has 1 aliphatic heterocycles. The predicted octanol–water partition coefficient (Wildman–Crippen LogP) is 4.05. The summed E-state index contributed by atoms with van der Waals surface area (Å²) in [6.45, 7) is 5.48. The van der Waals surface area contributed by atoms with E-state index in [4.69, 9.17) is 11.2 Å². The van der Waals surface area contributed by atoms with Crippen molar-refractivity contribution in [1.29, 1.82) is 0 Å². The van der Waals surface area contributed by atoms with Gasteiger partial charge in [-0.15, -0.1) is 6.42 Å². The minimum absolute atomic E-state index is 0.177. The van der Waals surface area contributed by atoms with Crippen LogP contribution >= 0.6 is 0 Å². The molecule has 1 saturated heterocycles. The van der Waals surface area contributed by atoms with Gasteiger partial charge in [-0.25, -0.2) is 14.6 Å². The zero-order valence-corrected chi connectivity index (χ0v) is 23.7. The van der Waals surface area contributed by atoms with Crippen molar-refractivity contribution in [3.63, 3.8) is 0 Å². The number of likely N-dealkylation sites (N-methyl/N-ethyl adjacent to an activating group) is 1. The van der Waals surface area contributed by atoms with E-state index >= 15 is 0 Å². The van der Waals surface area contributed by atoms with Gasteiger partial charge in [0.1, 0.15) is 0 Å². The lowest BCUT2D eigenvalue weighted by Gasteiger charge is -2.32. The second-order valence-electron chi connectivity index (χ2n) is 10.8. The van der Waals surface area contributed by atoms with Crippen LogP contribution in [0.25, 0.3) is 22.6 Å². The van der Waals surface area contributed by atoms with E-state index in [1.165, 1.54) is 10.7 Å². The standard InChI is InChI=1S/C33H36N6O2/c1-4-25-7-5-9-28(19-25)31-11-12-32(40)39(36-31)23-27-8-6-10-29(20-27)33-34-21-30(22-35-33)41-24-26-13-15-38(16-14-26)18-17-37(2)3/h1,5-12,19-22,26H,13-18,23-24H2,2-3H3. The van der Waals surface area contributed by atoms with Crippen LogP contribution in [-0.4, -0.2) is 76.4 Å². The van der Waals surface area contributed by atoms with Gasteiger partial charge in [-0.05, 0) is 75.8 Å². The number of likely N-dealkylation sites (tertiary alicyclic amines) is 1. The van der Waals surface area contributed by atoms with Crippen molar-refractivity contribution in [1.82, 2.24) is 29.5 Å². The summed E-state index contributed by atoms with van der Waals surface area (Å²) in [5, 5.41) is 4.59. The fraction of sp³-hybridized carbons (Fsp3) is 0.333. The molecule has 8 nitrogen and oxygen atoms in total. The summed E-state index contributed by atoms with van der Waals surface area (Å²) >= 11 is 0. The minimum Gasteiger partial charge on any atom is -0.490 e. The largest absolute Gasteiger partial charge is 0.490 e. The Kier molecular flexibility index (Phi) is 9.19. The highest BCUT2D eigenvalue weighted by Crippen LogP contribution is 2.22. The van der Waals surface area contributed by atoms with Crippen LogP contribution in [0.4, 0.5) is 0 Å². The molecule has 2 aromatic carbocycles. The monoisotopic (exact) mass is 548 g/mol. The number of hydrogen-bond donors (Lipinski definition) is 0. The highest BCUT2D eigenvalue weighted by atomic mass is 16.5. The number of nitrogens with zero attached hydrogens (tertiary/aromatic N) is 6. The smallest absolute Gasteiger partial charge is 0.267 e. The van der Waals surface area contributed by atoms with Crippen molar-refractivity contribution in [2.45, 2.75) is 19.4 Å². The van der Waals surface area contributed by atoms with Crippen molar-refractivity contribution >= 4 is 0 Å². The zero-order chi connectivity index (χ0) is 28.6. The molecule has 1 fully saturated rings. The number of terminal acetylenes is 1. The third-order valence-corrected chi connectivity index (χ3v) is 7.39. The van der Waals surface area contributed by atoms with Gasteiger partial charge in [0.25, 0.3) is 5.56 Å². The Morgan fingerprint density at radius 2 is 1.76 bits per heavy atom. The first-order chi connectivity index (χ1) is 20.0. The Morgan fingerprint density at radius 1 is 1.00 bits per heavy atom. The Balaban J connectivity index is 1.19. The molecule has 0 spiro atoms. The van der Waals surface area contributed by atoms with Gasteiger partial charge in [0.15, 0.2) is 11.6 Å². The molecule has 0 radical (unpaired) electrons. The maximum atomic E-state index is 12.6. The summed E-state index contributed by atoms with van der Waals surface area (Å²) in [6, 6.07) is 18.7. The molecule has 5 rings (SSSR count). The van der Waals surface area contributed by atoms with Gasteiger partial charge >= 0.3 is 0 Å². The summed E-state index contributed by atoms with van der Waals surface area (Å²) in [4.78, 5) is 26.5. The number of hydrogen-bond acceptors (Lipinski definition) is 7. The summed E-state index contributed by atoms with van der Waals surface area (Å²) in [7, 11) is 4.24. The van der Waals surface area contributed by atoms with Crippen LogP contribution in [0.5, 0.6) is 5.75 Å². The maximum absolute atomic E-state index is 12.6. The predicted molar refractivity (Wildman–Crippen MR) is 162 cm³/mol. The first kappa shape index (κ1) is 28.2. The van der Waals surface area contributed by atoms with Crippen molar-refractivity contribution in [2.75, 3.05) is 46.9 Å². The van der Waals surface area contributed by atoms with Crippen molar-refractivity contribution in [3.05, 3.63) is 94.5 Å². The van der Waals surface area contributed by atoms with Crippen molar-refractivity contribution in [3.8, 4) is 40.7 Å². The molecule has 0 bridgehead atoms. The second-order valence-corrected chi connectivity index (χ2v) is 10.8. The summed E-state index contributed by atoms with van der Waals surface area (Å²) in [5.41, 5.74) is 3.93. The molecular weight excluding hydrogens is 512 g/mol. The van der Waals surface area contributed by atoms with Crippen LogP contribution in [0.15, 0.2) is 77.9 Å². The topological polar surface area (TPSA) is 76.4 Å². The highest BCUT2D eigenvalue weighted by Gasteiger charge is 2.19. The summed E-state index contributed by atoms with van der Waals surface area (Å²) in [6.07, 6.45) is 11.3. The lowest BCUT2D eigenvalue weighted by Crippen LogP contribution is -2.39. The lowest BCUT2D eigenvalue weighted by molar-refractivity contribution is 0.134. The molecule has 0 aliphatic carbocycles. The van der Waals surface area contributed by atoms with E-state index in [0.717, 1.165) is 61.3 Å². The number of rotatable bonds is 10. The Morgan fingerprint density at radius 3 is 2.51 bits per heavy atom. The molecule has 0 atom stereocenters. The minimum atomic E-state index is -0.177. The molecule has 0 amide bonds. The zero-order valence-electron chi connectivity index (χ0n) is 23.7. The van der Waals surface area contributed by atoms with E-state index < -0.39 is 0 Å². The molecular formula is C33H36N6O2. The van der Waals surface area contributed by atoms with E-state index in [9.17, 15) is 4.79 Å². The average molecular weight is 549 g/mol. The average Bonchev–Trinajstić information content (AvgIpc) is 3.01. The number of piperidine rings is 1. The Hall–Kier alpha value is -4.32. The molecule has 4 aromatic rings. The van der Waals surface area contributed by atoms with Crippen LogP contribution < -0.4 is 10.3 Å². The van der Waals surface area contributed by atoms with Crippen LogP contribution in [0.1, 0.15) is 24.0 Å². The summed E-state index contributed by atoms with van der Waals surface area (Å²) < 4.78 is 7.50. The van der Waals surface area contributed by atoms with Crippen LogP contribution in [-0.2, 0) is 6.54 Å². The van der Waals surface area contributed by atoms with Gasteiger partial charge < -0.3 is 14.5 Å². The fourth-order valence-electron chi connectivity index (χ4n) is 4.94. The highest BCUT2D eigenvalue weighted by molar-refractivity contribution is 5.61. The quantitative estimate of drug-likeness (QED) is 0.277. The summed E-state index contributed by atoms with van der Waals surface area (Å²) in [5.74, 6) is 4.48. The van der Waals surface area contributed by atoms with Gasteiger partial charge in [0, 0.05) is 35.8 Å². The third kappa shape index (κ3) is 7.66. The van der Waals surface area contributed by atoms with Gasteiger partial charge in [0.2, 0.25) is 0 Å². The lowest BCUT2D eigenvalue weighted by atomic mass is 9.98. The molecule has 0 saturated carbocycles. The van der Waals surface area contributed by atoms with E-state index in [1.807, 2.05) is 48.5 Å². The van der Waals surface area contributed by atoms with E-state index in [-0.39, 0.29) is 5.56 Å². The van der Waals surface area contributed by atoms with E-state index in [1.54, 1.807) is 18.5 Å². The van der Waals surface area contributed by atoms with Gasteiger partial charge in [-0.3, -0.25) is 4.79 Å². The van der Waals surface area contributed by atoms with Crippen molar-refractivity contribution in [2.24, 2.45) is 5.92 Å². The molecule has 0 N–H and O–H groups in total. The van der Waals surface area contributed by atoms with Gasteiger partial charge in [-0.1, -0.05) is 36.3 Å². The third-order valence-electron chi connectivity index (χ3n) is 7.39. The Bertz CT molecular complexity index is 1550. The molecule has 41 heavy (non-hydrogen) atoms. The van der Waals surface area contributed by atoms with Crippen LogP contribution in [0, 0.1) is 18.3 Å². The molecule has 8 heteroatoms. The molecule has 210 valence electrons. The van der Waals surface area contributed by atoms with Gasteiger partial charge in [-0.2, -0.15) is 5.10 Å². The second kappa shape index (κ2) is 13.4. The first-order valence-corrected chi connectivity index (χ1v) is 14.0. The number of aromatic nitrogens is 4. The molecule has 2 aromatic heterocycles. The number of ether oxygens (including phenoxy) is 1. The molecule has 1 aliphatic rings. The Labute approximate surface area is 241 Å². The molecule has 0 unspecified atom stereocenters. The van der Waals surface area contributed by atoms with E-state index in [0.29, 0.717) is 36.3 Å². The van der Waals surface area contributed by atoms with Crippen LogP contribution in [0.3, 0.4) is 0 Å². The van der Waals surface area contributed by atoms with E-state index in [2.05, 4.69) is 44.9 Å². The van der Waals surface area contributed by atoms with Crippen LogP contribution in [0.2, 0.25) is 0 Å². The van der Waals surface area contributed by atoms with Crippen molar-refractivity contribution < 1.29 is 4.74 Å². The number of benzene rings is 2. The fourth-order valence-corrected chi connectivity index (χ4v) is 4.94. The maximum Gasteiger partial charge on any atom is 0.267 e. The normalized spacial score (nSPS) is 14.2. The SMILES string of the molecule is C#Cc1cccc(-c2ccc(=O)n(Cc3cccc(-c4ncc(OCC5CCN(CCN(C)C)CC5)cn4)c3)n2)c1. The first-order valence-electron chi connectivity index (χ1n) is 14.0. The molecule has 3 heterocycles. The van der Waals surface area contributed by atoms with Gasteiger partial charge in [0.05, 0.1) is 31.2 Å².